The van der Waals surface area contributed by atoms with E-state index in [1.807, 2.05) is 32.0 Å². The van der Waals surface area contributed by atoms with Gasteiger partial charge in [-0.1, -0.05) is 17.7 Å². The summed E-state index contributed by atoms with van der Waals surface area (Å²) in [4.78, 5) is 21.0. The summed E-state index contributed by atoms with van der Waals surface area (Å²) >= 11 is 5.95. The summed E-state index contributed by atoms with van der Waals surface area (Å²) in [6.45, 7) is 3.85. The molecule has 0 unspecified atom stereocenters. The molecule has 7 heteroatoms. The van der Waals surface area contributed by atoms with Gasteiger partial charge in [0.15, 0.2) is 0 Å². The molecule has 2 aromatic carbocycles. The van der Waals surface area contributed by atoms with Gasteiger partial charge in [-0.25, -0.2) is 9.97 Å². The van der Waals surface area contributed by atoms with Gasteiger partial charge in [-0.3, -0.25) is 4.79 Å². The Balaban J connectivity index is 1.81. The Kier molecular flexibility index (Phi) is 5.57. The summed E-state index contributed by atoms with van der Waals surface area (Å²) in [5, 5.41) is 6.55. The normalized spacial score (nSPS) is 10.4. The van der Waals surface area contributed by atoms with Crippen LogP contribution in [0.25, 0.3) is 0 Å². The highest BCUT2D eigenvalue weighted by molar-refractivity contribution is 6.30. The Hall–Kier alpha value is -3.12. The van der Waals surface area contributed by atoms with E-state index < -0.39 is 0 Å². The number of hydrogen-bond donors (Lipinski definition) is 2. The third kappa shape index (κ3) is 4.54. The fraction of sp³-hybridized carbons (Fsp3) is 0.150. The molecule has 0 fully saturated rings. The van der Waals surface area contributed by atoms with Gasteiger partial charge in [0.25, 0.3) is 5.91 Å². The Morgan fingerprint density at radius 3 is 2.63 bits per heavy atom. The molecule has 138 valence electrons. The van der Waals surface area contributed by atoms with Gasteiger partial charge in [-0.05, 0) is 61.4 Å². The van der Waals surface area contributed by atoms with Crippen LogP contribution in [0.1, 0.15) is 21.6 Å². The minimum absolute atomic E-state index is 0.244. The van der Waals surface area contributed by atoms with Crippen LogP contribution in [0.4, 0.5) is 17.3 Å². The predicted molar refractivity (Wildman–Crippen MR) is 107 cm³/mol. The van der Waals surface area contributed by atoms with E-state index in [1.165, 1.54) is 6.20 Å². The maximum absolute atomic E-state index is 12.5. The zero-order chi connectivity index (χ0) is 19.4. The highest BCUT2D eigenvalue weighted by Gasteiger charge is 2.12. The first-order valence-electron chi connectivity index (χ1n) is 8.28. The molecule has 0 aliphatic carbocycles. The van der Waals surface area contributed by atoms with Crippen molar-refractivity contribution >= 4 is 34.8 Å². The van der Waals surface area contributed by atoms with E-state index in [-0.39, 0.29) is 11.6 Å². The SMILES string of the molecule is COc1ccc(C)cc1Nc1nccc(C(=O)Nc2ccc(Cl)cc2C)n1. The van der Waals surface area contributed by atoms with Gasteiger partial charge in [0.2, 0.25) is 5.95 Å². The number of aryl methyl sites for hydroxylation is 2. The fourth-order valence-electron chi connectivity index (χ4n) is 2.54. The second-order valence-corrected chi connectivity index (χ2v) is 6.44. The van der Waals surface area contributed by atoms with Crippen LogP contribution in [0.3, 0.4) is 0 Å². The summed E-state index contributed by atoms with van der Waals surface area (Å²) in [7, 11) is 1.59. The minimum atomic E-state index is -0.331. The topological polar surface area (TPSA) is 76.1 Å². The van der Waals surface area contributed by atoms with Gasteiger partial charge in [0.1, 0.15) is 11.4 Å². The van der Waals surface area contributed by atoms with E-state index in [0.29, 0.717) is 22.4 Å². The van der Waals surface area contributed by atoms with Gasteiger partial charge >= 0.3 is 0 Å². The second kappa shape index (κ2) is 8.05. The number of carbonyl (C=O) groups is 1. The predicted octanol–water partition coefficient (Wildman–Crippen LogP) is 4.75. The highest BCUT2D eigenvalue weighted by atomic mass is 35.5. The third-order valence-electron chi connectivity index (χ3n) is 3.93. The van der Waals surface area contributed by atoms with Crippen LogP contribution in [0.5, 0.6) is 5.75 Å². The van der Waals surface area contributed by atoms with Gasteiger partial charge in [-0.2, -0.15) is 0 Å². The summed E-state index contributed by atoms with van der Waals surface area (Å²) in [6.07, 6.45) is 1.53. The maximum Gasteiger partial charge on any atom is 0.274 e. The molecule has 1 aromatic heterocycles. The zero-order valence-corrected chi connectivity index (χ0v) is 16.0. The molecule has 0 saturated heterocycles. The Bertz CT molecular complexity index is 991. The molecule has 3 aromatic rings. The van der Waals surface area contributed by atoms with E-state index >= 15 is 0 Å². The quantitative estimate of drug-likeness (QED) is 0.665. The van der Waals surface area contributed by atoms with E-state index in [0.717, 1.165) is 16.8 Å². The van der Waals surface area contributed by atoms with Crippen molar-refractivity contribution in [1.82, 2.24) is 9.97 Å². The zero-order valence-electron chi connectivity index (χ0n) is 15.2. The van der Waals surface area contributed by atoms with E-state index in [1.54, 1.807) is 31.4 Å². The van der Waals surface area contributed by atoms with E-state index in [9.17, 15) is 4.79 Å². The molecule has 0 bridgehead atoms. The Morgan fingerprint density at radius 1 is 1.07 bits per heavy atom. The first-order chi connectivity index (χ1) is 13.0. The van der Waals surface area contributed by atoms with Crippen molar-refractivity contribution in [2.45, 2.75) is 13.8 Å². The Morgan fingerprint density at radius 2 is 1.89 bits per heavy atom. The first kappa shape index (κ1) is 18.7. The molecule has 1 amide bonds. The molecule has 0 radical (unpaired) electrons. The molecule has 6 nitrogen and oxygen atoms in total. The molecular formula is C20H19ClN4O2. The minimum Gasteiger partial charge on any atom is -0.495 e. The number of carbonyl (C=O) groups excluding carboxylic acids is 1. The van der Waals surface area contributed by atoms with Crippen LogP contribution >= 0.6 is 11.6 Å². The number of amides is 1. The number of ether oxygens (including phenoxy) is 1. The number of methoxy groups -OCH3 is 1. The molecule has 2 N–H and O–H groups in total. The standard InChI is InChI=1S/C20H19ClN4O2/c1-12-4-7-18(27-3)17(10-12)25-20-22-9-8-16(24-20)19(26)23-15-6-5-14(21)11-13(15)2/h4-11H,1-3H3,(H,23,26)(H,22,24,25). The van der Waals surface area contributed by atoms with Crippen LogP contribution in [-0.2, 0) is 0 Å². The van der Waals surface area contributed by atoms with Crippen LogP contribution in [0.2, 0.25) is 5.02 Å². The van der Waals surface area contributed by atoms with Crippen molar-refractivity contribution in [3.63, 3.8) is 0 Å². The van der Waals surface area contributed by atoms with Crippen molar-refractivity contribution in [2.75, 3.05) is 17.7 Å². The number of halogens is 1. The molecule has 0 spiro atoms. The molecular weight excluding hydrogens is 364 g/mol. The number of benzene rings is 2. The Labute approximate surface area is 162 Å². The van der Waals surface area contributed by atoms with Crippen molar-refractivity contribution in [3.05, 3.63) is 70.5 Å². The average molecular weight is 383 g/mol. The van der Waals surface area contributed by atoms with Gasteiger partial charge in [0, 0.05) is 16.9 Å². The van der Waals surface area contributed by atoms with Crippen LogP contribution in [0, 0.1) is 13.8 Å². The highest BCUT2D eigenvalue weighted by Crippen LogP contribution is 2.27. The molecule has 0 saturated carbocycles. The van der Waals surface area contributed by atoms with E-state index in [4.69, 9.17) is 16.3 Å². The number of nitrogens with zero attached hydrogens (tertiary/aromatic N) is 2. The van der Waals surface area contributed by atoms with Crippen molar-refractivity contribution in [2.24, 2.45) is 0 Å². The number of rotatable bonds is 5. The largest absolute Gasteiger partial charge is 0.495 e. The number of nitrogens with one attached hydrogen (secondary N) is 2. The van der Waals surface area contributed by atoms with Crippen LogP contribution < -0.4 is 15.4 Å². The number of aromatic nitrogens is 2. The summed E-state index contributed by atoms with van der Waals surface area (Å²) in [5.41, 5.74) is 3.58. The van der Waals surface area contributed by atoms with Gasteiger partial charge in [-0.15, -0.1) is 0 Å². The molecule has 0 aliphatic rings. The van der Waals surface area contributed by atoms with Gasteiger partial charge in [0.05, 0.1) is 12.8 Å². The third-order valence-corrected chi connectivity index (χ3v) is 4.16. The first-order valence-corrected chi connectivity index (χ1v) is 8.66. The van der Waals surface area contributed by atoms with Crippen LogP contribution in [0.15, 0.2) is 48.7 Å². The summed E-state index contributed by atoms with van der Waals surface area (Å²) in [5.74, 6) is 0.636. The lowest BCUT2D eigenvalue weighted by Crippen LogP contribution is -2.15. The molecule has 0 atom stereocenters. The van der Waals surface area contributed by atoms with Crippen LogP contribution in [-0.4, -0.2) is 23.0 Å². The van der Waals surface area contributed by atoms with Crippen molar-refractivity contribution < 1.29 is 9.53 Å². The lowest BCUT2D eigenvalue weighted by atomic mass is 10.2. The average Bonchev–Trinajstić information content (AvgIpc) is 2.64. The molecule has 0 aliphatic heterocycles. The number of anilines is 3. The lowest BCUT2D eigenvalue weighted by molar-refractivity contribution is 0.102. The second-order valence-electron chi connectivity index (χ2n) is 6.01. The van der Waals surface area contributed by atoms with Crippen molar-refractivity contribution in [3.8, 4) is 5.75 Å². The number of hydrogen-bond acceptors (Lipinski definition) is 5. The summed E-state index contributed by atoms with van der Waals surface area (Å²) in [6, 6.07) is 12.6. The summed E-state index contributed by atoms with van der Waals surface area (Å²) < 4.78 is 5.34. The fourth-order valence-corrected chi connectivity index (χ4v) is 2.77. The van der Waals surface area contributed by atoms with E-state index in [2.05, 4.69) is 20.6 Å². The van der Waals surface area contributed by atoms with Gasteiger partial charge < -0.3 is 15.4 Å². The molecule has 1 heterocycles. The smallest absolute Gasteiger partial charge is 0.274 e. The van der Waals surface area contributed by atoms with Crippen molar-refractivity contribution in [1.29, 1.82) is 0 Å². The molecule has 27 heavy (non-hydrogen) atoms. The maximum atomic E-state index is 12.5. The molecule has 3 rings (SSSR count). The lowest BCUT2D eigenvalue weighted by Gasteiger charge is -2.12. The monoisotopic (exact) mass is 382 g/mol.